The largest absolute Gasteiger partial charge is 0.274 e. The third-order valence-electron chi connectivity index (χ3n) is 4.36. The Morgan fingerprint density at radius 3 is 2.55 bits per heavy atom. The van der Waals surface area contributed by atoms with Gasteiger partial charge in [0.1, 0.15) is 0 Å². The van der Waals surface area contributed by atoms with Crippen LogP contribution in [0.3, 0.4) is 0 Å². The van der Waals surface area contributed by atoms with E-state index in [0.717, 1.165) is 36.6 Å². The summed E-state index contributed by atoms with van der Waals surface area (Å²) in [5.74, 6) is -0.162. The van der Waals surface area contributed by atoms with E-state index in [4.69, 9.17) is 11.6 Å². The highest BCUT2D eigenvalue weighted by Gasteiger charge is 2.52. The van der Waals surface area contributed by atoms with Crippen LogP contribution in [0.15, 0.2) is 22.7 Å². The summed E-state index contributed by atoms with van der Waals surface area (Å²) in [6.07, 6.45) is 5.21. The number of imide groups is 1. The molecule has 1 aliphatic carbocycles. The highest BCUT2D eigenvalue weighted by atomic mass is 79.9. The quantitative estimate of drug-likeness (QED) is 0.703. The topological polar surface area (TPSA) is 37.4 Å². The monoisotopic (exact) mass is 355 g/mol. The molecule has 1 spiro atoms. The molecule has 2 aliphatic rings. The summed E-state index contributed by atoms with van der Waals surface area (Å²) in [5, 5.41) is 0.522. The van der Waals surface area contributed by atoms with Gasteiger partial charge < -0.3 is 0 Å². The van der Waals surface area contributed by atoms with Crippen LogP contribution in [0.2, 0.25) is 5.02 Å². The summed E-state index contributed by atoms with van der Waals surface area (Å²) in [4.78, 5) is 26.5. The number of rotatable bonds is 1. The van der Waals surface area contributed by atoms with E-state index in [1.807, 2.05) is 0 Å². The second-order valence-corrected chi connectivity index (χ2v) is 6.94. The Bertz CT molecular complexity index is 581. The average Bonchev–Trinajstić information content (AvgIpc) is 2.65. The van der Waals surface area contributed by atoms with Crippen molar-refractivity contribution in [1.29, 1.82) is 0 Å². The molecule has 3 rings (SSSR count). The molecule has 20 heavy (non-hydrogen) atoms. The average molecular weight is 357 g/mol. The van der Waals surface area contributed by atoms with Crippen LogP contribution in [0.1, 0.15) is 38.5 Å². The zero-order valence-corrected chi connectivity index (χ0v) is 13.3. The number of carbonyl (C=O) groups is 2. The van der Waals surface area contributed by atoms with E-state index in [0.29, 0.717) is 17.1 Å². The number of amides is 2. The van der Waals surface area contributed by atoms with Gasteiger partial charge in [-0.1, -0.05) is 30.9 Å². The maximum Gasteiger partial charge on any atom is 0.240 e. The maximum atomic E-state index is 12.8. The van der Waals surface area contributed by atoms with Crippen LogP contribution >= 0.6 is 27.5 Å². The lowest BCUT2D eigenvalue weighted by Gasteiger charge is -2.30. The van der Waals surface area contributed by atoms with Crippen LogP contribution in [-0.4, -0.2) is 11.8 Å². The Labute approximate surface area is 131 Å². The third kappa shape index (κ3) is 2.19. The molecule has 0 unspecified atom stereocenters. The van der Waals surface area contributed by atoms with Gasteiger partial charge in [0.2, 0.25) is 11.8 Å². The molecule has 3 nitrogen and oxygen atoms in total. The van der Waals surface area contributed by atoms with Crippen molar-refractivity contribution in [2.45, 2.75) is 38.5 Å². The molecule has 0 atom stereocenters. The van der Waals surface area contributed by atoms with Crippen LogP contribution in [0, 0.1) is 5.41 Å². The van der Waals surface area contributed by atoms with Crippen LogP contribution in [0.25, 0.3) is 0 Å². The molecule has 2 fully saturated rings. The van der Waals surface area contributed by atoms with Crippen LogP contribution < -0.4 is 4.90 Å². The summed E-state index contributed by atoms with van der Waals surface area (Å²) < 4.78 is 0.719. The summed E-state index contributed by atoms with van der Waals surface area (Å²) in [5.41, 5.74) is 0.104. The standard InChI is InChI=1S/C15H15BrClNO2/c16-11-5-4-10(17)8-12(11)18-13(19)9-15(14(18)20)6-2-1-3-7-15/h4-5,8H,1-3,6-7,9H2. The third-order valence-corrected chi connectivity index (χ3v) is 5.26. The Hall–Kier alpha value is -0.870. The van der Waals surface area contributed by atoms with E-state index in [1.165, 1.54) is 4.90 Å². The number of hydrogen-bond acceptors (Lipinski definition) is 2. The van der Waals surface area contributed by atoms with Crippen molar-refractivity contribution >= 4 is 45.0 Å². The van der Waals surface area contributed by atoms with Gasteiger partial charge in [-0.25, -0.2) is 4.90 Å². The normalized spacial score (nSPS) is 21.8. The van der Waals surface area contributed by atoms with Gasteiger partial charge in [0.15, 0.2) is 0 Å². The van der Waals surface area contributed by atoms with E-state index in [-0.39, 0.29) is 11.8 Å². The number of carbonyl (C=O) groups excluding carboxylic acids is 2. The lowest BCUT2D eigenvalue weighted by atomic mass is 9.73. The molecule has 1 saturated carbocycles. The highest BCUT2D eigenvalue weighted by Crippen LogP contribution is 2.47. The van der Waals surface area contributed by atoms with E-state index >= 15 is 0 Å². The van der Waals surface area contributed by atoms with E-state index < -0.39 is 5.41 Å². The lowest BCUT2D eigenvalue weighted by molar-refractivity contribution is -0.127. The van der Waals surface area contributed by atoms with Gasteiger partial charge in [0.25, 0.3) is 0 Å². The first-order valence-corrected chi connectivity index (χ1v) is 8.03. The zero-order chi connectivity index (χ0) is 14.3. The molecule has 0 N–H and O–H groups in total. The predicted octanol–water partition coefficient (Wildman–Crippen LogP) is 4.32. The van der Waals surface area contributed by atoms with E-state index in [1.54, 1.807) is 18.2 Å². The number of hydrogen-bond donors (Lipinski definition) is 0. The molecule has 1 aromatic carbocycles. The molecular weight excluding hydrogens is 342 g/mol. The van der Waals surface area contributed by atoms with Gasteiger partial charge in [0.05, 0.1) is 11.1 Å². The van der Waals surface area contributed by atoms with Gasteiger partial charge in [-0.2, -0.15) is 0 Å². The highest BCUT2D eigenvalue weighted by molar-refractivity contribution is 9.10. The van der Waals surface area contributed by atoms with Crippen molar-refractivity contribution in [3.05, 3.63) is 27.7 Å². The zero-order valence-electron chi connectivity index (χ0n) is 11.0. The first-order valence-electron chi connectivity index (χ1n) is 6.86. The van der Waals surface area contributed by atoms with Gasteiger partial charge in [-0.3, -0.25) is 9.59 Å². The van der Waals surface area contributed by atoms with Crippen molar-refractivity contribution in [2.75, 3.05) is 4.90 Å². The Balaban J connectivity index is 2.00. The molecule has 5 heteroatoms. The molecule has 0 bridgehead atoms. The second-order valence-electron chi connectivity index (χ2n) is 5.65. The minimum absolute atomic E-state index is 0.0508. The molecule has 2 amide bonds. The molecule has 0 aromatic heterocycles. The number of anilines is 1. The van der Waals surface area contributed by atoms with Crippen LogP contribution in [0.4, 0.5) is 5.69 Å². The van der Waals surface area contributed by atoms with Gasteiger partial charge in [-0.05, 0) is 47.0 Å². The number of benzene rings is 1. The summed E-state index contributed by atoms with van der Waals surface area (Å²) in [7, 11) is 0. The first-order chi connectivity index (χ1) is 9.53. The summed E-state index contributed by atoms with van der Waals surface area (Å²) in [6, 6.07) is 5.17. The Morgan fingerprint density at radius 1 is 1.15 bits per heavy atom. The SMILES string of the molecule is O=C1CC2(CCCCC2)C(=O)N1c1cc(Cl)ccc1Br. The second kappa shape index (κ2) is 5.15. The fourth-order valence-electron chi connectivity index (χ4n) is 3.31. The van der Waals surface area contributed by atoms with Crippen molar-refractivity contribution in [2.24, 2.45) is 5.41 Å². The van der Waals surface area contributed by atoms with E-state index in [2.05, 4.69) is 15.9 Å². The van der Waals surface area contributed by atoms with Gasteiger partial charge >= 0.3 is 0 Å². The van der Waals surface area contributed by atoms with Crippen LogP contribution in [-0.2, 0) is 9.59 Å². The predicted molar refractivity (Wildman–Crippen MR) is 81.8 cm³/mol. The molecule has 106 valence electrons. The lowest BCUT2D eigenvalue weighted by Crippen LogP contribution is -2.37. The van der Waals surface area contributed by atoms with Crippen LogP contribution in [0.5, 0.6) is 0 Å². The van der Waals surface area contributed by atoms with Gasteiger partial charge in [0, 0.05) is 15.9 Å². The molecular formula is C15H15BrClNO2. The van der Waals surface area contributed by atoms with E-state index in [9.17, 15) is 9.59 Å². The fourth-order valence-corrected chi connectivity index (χ4v) is 3.90. The smallest absolute Gasteiger partial charge is 0.240 e. The van der Waals surface area contributed by atoms with Crippen molar-refractivity contribution in [3.8, 4) is 0 Å². The van der Waals surface area contributed by atoms with Crippen molar-refractivity contribution < 1.29 is 9.59 Å². The Morgan fingerprint density at radius 2 is 1.85 bits per heavy atom. The fraction of sp³-hybridized carbons (Fsp3) is 0.467. The first kappa shape index (κ1) is 14.1. The minimum Gasteiger partial charge on any atom is -0.274 e. The van der Waals surface area contributed by atoms with Crippen molar-refractivity contribution in [3.63, 3.8) is 0 Å². The number of nitrogens with zero attached hydrogens (tertiary/aromatic N) is 1. The molecule has 1 aliphatic heterocycles. The Kier molecular flexibility index (Phi) is 3.63. The minimum atomic E-state index is -0.461. The maximum absolute atomic E-state index is 12.8. The number of halogens is 2. The summed E-state index contributed by atoms with van der Waals surface area (Å²) in [6.45, 7) is 0. The molecule has 0 radical (unpaired) electrons. The van der Waals surface area contributed by atoms with Gasteiger partial charge in [-0.15, -0.1) is 0 Å². The summed E-state index contributed by atoms with van der Waals surface area (Å²) >= 11 is 9.40. The molecule has 1 aromatic rings. The van der Waals surface area contributed by atoms with Crippen molar-refractivity contribution in [1.82, 2.24) is 0 Å². The molecule has 1 heterocycles. The molecule has 1 saturated heterocycles.